The summed E-state index contributed by atoms with van der Waals surface area (Å²) in [6, 6.07) is 11.1. The summed E-state index contributed by atoms with van der Waals surface area (Å²) in [5.74, 6) is -2.28. The zero-order valence-corrected chi connectivity index (χ0v) is 16.7. The highest BCUT2D eigenvalue weighted by atomic mass is 32.2. The molecule has 6 nitrogen and oxygen atoms in total. The van der Waals surface area contributed by atoms with Crippen molar-refractivity contribution in [2.75, 3.05) is 4.72 Å². The van der Waals surface area contributed by atoms with Crippen molar-refractivity contribution in [1.29, 1.82) is 0 Å². The van der Waals surface area contributed by atoms with Gasteiger partial charge in [0, 0.05) is 29.6 Å². The van der Waals surface area contributed by atoms with Crippen molar-refractivity contribution in [1.82, 2.24) is 9.36 Å². The van der Waals surface area contributed by atoms with Crippen molar-refractivity contribution < 1.29 is 21.9 Å². The maximum absolute atomic E-state index is 14.6. The average molecular weight is 437 g/mol. The number of ether oxygens (including phenoxy) is 1. The van der Waals surface area contributed by atoms with E-state index in [-0.39, 0.29) is 22.9 Å². The molecule has 1 saturated carbocycles. The van der Waals surface area contributed by atoms with Crippen LogP contribution in [-0.4, -0.2) is 23.9 Å². The van der Waals surface area contributed by atoms with E-state index in [2.05, 4.69) is 14.1 Å². The summed E-state index contributed by atoms with van der Waals surface area (Å²) in [4.78, 5) is 2.86. The Morgan fingerprint density at radius 1 is 1.10 bits per heavy atom. The first-order chi connectivity index (χ1) is 13.9. The van der Waals surface area contributed by atoms with E-state index < -0.39 is 26.6 Å². The third-order valence-electron chi connectivity index (χ3n) is 4.82. The van der Waals surface area contributed by atoms with E-state index in [1.54, 1.807) is 0 Å². The minimum absolute atomic E-state index is 0.0400. The quantitative estimate of drug-likeness (QED) is 0.621. The van der Waals surface area contributed by atoms with Crippen LogP contribution in [0, 0.1) is 11.6 Å². The topological polar surface area (TPSA) is 81.2 Å². The van der Waals surface area contributed by atoms with Crippen LogP contribution >= 0.6 is 11.5 Å². The summed E-state index contributed by atoms with van der Waals surface area (Å²) in [6.07, 6.45) is 3.34. The number of nitrogens with zero attached hydrogens (tertiary/aromatic N) is 2. The maximum atomic E-state index is 14.6. The normalized spacial score (nSPS) is 19.2. The van der Waals surface area contributed by atoms with Gasteiger partial charge in [-0.15, -0.1) is 0 Å². The molecular formula is C19H17F2N3O3S2. The highest BCUT2D eigenvalue weighted by molar-refractivity contribution is 7.93. The molecule has 1 fully saturated rings. The van der Waals surface area contributed by atoms with E-state index in [4.69, 9.17) is 4.74 Å². The molecule has 0 amide bonds. The van der Waals surface area contributed by atoms with E-state index >= 15 is 0 Å². The minimum Gasteiger partial charge on any atom is -0.487 e. The zero-order chi connectivity index (χ0) is 20.4. The van der Waals surface area contributed by atoms with E-state index in [9.17, 15) is 17.2 Å². The van der Waals surface area contributed by atoms with Gasteiger partial charge in [0.05, 0.1) is 0 Å². The Bertz CT molecular complexity index is 1090. The van der Waals surface area contributed by atoms with Crippen LogP contribution in [0.2, 0.25) is 0 Å². The van der Waals surface area contributed by atoms with Gasteiger partial charge in [-0.2, -0.15) is 4.37 Å². The van der Waals surface area contributed by atoms with Crippen LogP contribution < -0.4 is 9.46 Å². The molecule has 0 bridgehead atoms. The van der Waals surface area contributed by atoms with Crippen LogP contribution in [0.4, 0.5) is 13.9 Å². The first-order valence-corrected chi connectivity index (χ1v) is 11.2. The number of aromatic nitrogens is 2. The molecule has 1 aliphatic rings. The summed E-state index contributed by atoms with van der Waals surface area (Å²) in [6.45, 7) is 0. The van der Waals surface area contributed by atoms with Crippen LogP contribution in [0.5, 0.6) is 5.75 Å². The number of hydrogen-bond acceptors (Lipinski definition) is 6. The highest BCUT2D eigenvalue weighted by Crippen LogP contribution is 2.38. The summed E-state index contributed by atoms with van der Waals surface area (Å²) in [5.41, 5.74) is 1.08. The van der Waals surface area contributed by atoms with Gasteiger partial charge in [-0.1, -0.05) is 30.3 Å². The Morgan fingerprint density at radius 3 is 2.62 bits per heavy atom. The molecule has 1 aliphatic carbocycles. The van der Waals surface area contributed by atoms with Crippen LogP contribution in [0.3, 0.4) is 0 Å². The molecule has 1 N–H and O–H groups in total. The van der Waals surface area contributed by atoms with Crippen molar-refractivity contribution in [3.8, 4) is 5.75 Å². The van der Waals surface area contributed by atoms with Gasteiger partial charge in [-0.25, -0.2) is 22.2 Å². The van der Waals surface area contributed by atoms with Gasteiger partial charge < -0.3 is 4.74 Å². The minimum atomic E-state index is -4.35. The molecule has 0 unspecified atom stereocenters. The van der Waals surface area contributed by atoms with Gasteiger partial charge in [-0.05, 0) is 24.8 Å². The molecule has 2 atom stereocenters. The van der Waals surface area contributed by atoms with Crippen molar-refractivity contribution >= 4 is 26.7 Å². The molecule has 152 valence electrons. The Kier molecular flexibility index (Phi) is 5.46. The fourth-order valence-electron chi connectivity index (χ4n) is 3.51. The first-order valence-electron chi connectivity index (χ1n) is 8.94. The fraction of sp³-hybridized carbons (Fsp3) is 0.263. The smallest absolute Gasteiger partial charge is 0.266 e. The third-order valence-corrected chi connectivity index (χ3v) is 6.88. The van der Waals surface area contributed by atoms with Gasteiger partial charge in [0.2, 0.25) is 5.13 Å². The number of hydrogen-bond donors (Lipinski definition) is 1. The monoisotopic (exact) mass is 437 g/mol. The number of anilines is 1. The van der Waals surface area contributed by atoms with Crippen molar-refractivity contribution in [3.63, 3.8) is 0 Å². The largest absolute Gasteiger partial charge is 0.487 e. The summed E-state index contributed by atoms with van der Waals surface area (Å²) < 4.78 is 65.4. The third kappa shape index (κ3) is 4.23. The molecule has 1 aromatic heterocycles. The van der Waals surface area contributed by atoms with Gasteiger partial charge in [0.1, 0.15) is 23.1 Å². The highest BCUT2D eigenvalue weighted by Gasteiger charge is 2.32. The lowest BCUT2D eigenvalue weighted by Gasteiger charge is -2.22. The SMILES string of the molecule is O=S(=O)(Nc1ncns1)c1cc(F)c(O[C@H]2CCC[C@@H]2c2ccccc2)cc1F. The average Bonchev–Trinajstić information content (AvgIpc) is 3.36. The first kappa shape index (κ1) is 19.7. The summed E-state index contributed by atoms with van der Waals surface area (Å²) in [7, 11) is -4.35. The molecule has 3 aromatic rings. The predicted molar refractivity (Wildman–Crippen MR) is 105 cm³/mol. The van der Waals surface area contributed by atoms with Crippen molar-refractivity contribution in [2.45, 2.75) is 36.2 Å². The number of rotatable bonds is 6. The fourth-order valence-corrected chi connectivity index (χ4v) is 5.24. The Balaban J connectivity index is 1.57. The van der Waals surface area contributed by atoms with E-state index in [1.807, 2.05) is 30.3 Å². The van der Waals surface area contributed by atoms with E-state index in [1.165, 1.54) is 0 Å². The Labute approximate surface area is 170 Å². The van der Waals surface area contributed by atoms with Crippen LogP contribution in [0.25, 0.3) is 0 Å². The number of nitrogens with one attached hydrogen (secondary N) is 1. The van der Waals surface area contributed by atoms with E-state index in [0.717, 1.165) is 42.3 Å². The van der Waals surface area contributed by atoms with Crippen LogP contribution in [-0.2, 0) is 10.0 Å². The molecule has 10 heteroatoms. The predicted octanol–water partition coefficient (Wildman–Crippen LogP) is 4.33. The van der Waals surface area contributed by atoms with E-state index in [0.29, 0.717) is 12.5 Å². The second-order valence-corrected chi connectivity index (χ2v) is 9.10. The molecule has 0 spiro atoms. The maximum Gasteiger partial charge on any atom is 0.266 e. The molecule has 29 heavy (non-hydrogen) atoms. The second kappa shape index (κ2) is 8.03. The summed E-state index contributed by atoms with van der Waals surface area (Å²) >= 11 is 0.785. The van der Waals surface area contributed by atoms with Crippen molar-refractivity contribution in [3.05, 3.63) is 66.0 Å². The number of benzene rings is 2. The Hall–Kier alpha value is -2.59. The van der Waals surface area contributed by atoms with Crippen LogP contribution in [0.1, 0.15) is 30.7 Å². The molecule has 1 heterocycles. The lowest BCUT2D eigenvalue weighted by Crippen LogP contribution is -2.21. The van der Waals surface area contributed by atoms with Gasteiger partial charge >= 0.3 is 0 Å². The van der Waals surface area contributed by atoms with Gasteiger partial charge in [0.25, 0.3) is 10.0 Å². The lowest BCUT2D eigenvalue weighted by atomic mass is 9.96. The van der Waals surface area contributed by atoms with Crippen LogP contribution in [0.15, 0.2) is 53.7 Å². The molecule has 2 aromatic carbocycles. The summed E-state index contributed by atoms with van der Waals surface area (Å²) in [5, 5.41) is -0.0400. The second-order valence-electron chi connectivity index (χ2n) is 6.67. The lowest BCUT2D eigenvalue weighted by molar-refractivity contribution is 0.181. The molecule has 0 radical (unpaired) electrons. The molecule has 4 rings (SSSR count). The standard InChI is InChI=1S/C19H17F2N3O3S2/c20-14-10-18(29(25,26)24-19-22-11-23-28-19)15(21)9-17(14)27-16-8-4-7-13(16)12-5-2-1-3-6-12/h1-3,5-6,9-11,13,16H,4,7-8H2,(H,22,23,24)/t13-,16+/m1/s1. The molecular weight excluding hydrogens is 420 g/mol. The Morgan fingerprint density at radius 2 is 1.90 bits per heavy atom. The number of sulfonamides is 1. The van der Waals surface area contributed by atoms with Gasteiger partial charge in [0.15, 0.2) is 11.6 Å². The zero-order valence-electron chi connectivity index (χ0n) is 15.1. The van der Waals surface area contributed by atoms with Crippen molar-refractivity contribution in [2.24, 2.45) is 0 Å². The molecule has 0 aliphatic heterocycles. The van der Waals surface area contributed by atoms with Gasteiger partial charge in [-0.3, -0.25) is 4.72 Å². The number of halogens is 2. The molecule has 0 saturated heterocycles.